The maximum Gasteiger partial charge on any atom is 0.264 e. The van der Waals surface area contributed by atoms with Crippen LogP contribution >= 0.6 is 0 Å². The molecule has 232 valence electrons. The third-order valence-corrected chi connectivity index (χ3v) is 9.03. The molecule has 1 amide bonds. The number of sulfonamides is 1. The second kappa shape index (κ2) is 14.6. The summed E-state index contributed by atoms with van der Waals surface area (Å²) in [5.74, 6) is 1.17. The summed E-state index contributed by atoms with van der Waals surface area (Å²) in [6, 6.07) is 18.7. The zero-order chi connectivity index (χ0) is 31.0. The summed E-state index contributed by atoms with van der Waals surface area (Å²) in [7, 11) is -2.40. The Morgan fingerprint density at radius 2 is 1.70 bits per heavy atom. The predicted molar refractivity (Wildman–Crippen MR) is 166 cm³/mol. The Bertz CT molecular complexity index is 1450. The molecule has 1 aliphatic heterocycles. The Morgan fingerprint density at radius 1 is 1.02 bits per heavy atom. The molecule has 4 rings (SSSR count). The summed E-state index contributed by atoms with van der Waals surface area (Å²) >= 11 is 0. The highest BCUT2D eigenvalue weighted by molar-refractivity contribution is 7.92. The third-order valence-electron chi connectivity index (χ3n) is 7.24. The minimum atomic E-state index is -3.92. The van der Waals surface area contributed by atoms with Crippen molar-refractivity contribution in [3.63, 3.8) is 0 Å². The summed E-state index contributed by atoms with van der Waals surface area (Å²) in [6.45, 7) is 7.32. The maximum atomic E-state index is 13.6. The molecule has 0 spiro atoms. The molecule has 9 nitrogen and oxygen atoms in total. The predicted octanol–water partition coefficient (Wildman–Crippen LogP) is 5.10. The Balaban J connectivity index is 1.33. The van der Waals surface area contributed by atoms with Gasteiger partial charge in [0.2, 0.25) is 5.91 Å². The number of carbonyl (C=O) groups is 1. The van der Waals surface area contributed by atoms with Crippen LogP contribution in [0.3, 0.4) is 0 Å². The van der Waals surface area contributed by atoms with E-state index in [2.05, 4.69) is 5.32 Å². The zero-order valence-electron chi connectivity index (χ0n) is 25.3. The van der Waals surface area contributed by atoms with Crippen LogP contribution in [0.1, 0.15) is 44.7 Å². The van der Waals surface area contributed by atoms with Crippen LogP contribution < -0.4 is 19.1 Å². The van der Waals surface area contributed by atoms with Gasteiger partial charge in [-0.15, -0.1) is 0 Å². The number of methoxy groups -OCH3 is 1. The highest BCUT2D eigenvalue weighted by atomic mass is 32.2. The van der Waals surface area contributed by atoms with Gasteiger partial charge in [-0.2, -0.15) is 0 Å². The number of aromatic hydroxyl groups is 1. The molecule has 1 heterocycles. The summed E-state index contributed by atoms with van der Waals surface area (Å²) < 4.78 is 44.8. The molecule has 2 atom stereocenters. The smallest absolute Gasteiger partial charge is 0.264 e. The van der Waals surface area contributed by atoms with E-state index in [1.807, 2.05) is 51.1 Å². The van der Waals surface area contributed by atoms with Crippen molar-refractivity contribution in [2.45, 2.75) is 63.5 Å². The number of benzene rings is 3. The number of aryl methyl sites for hydroxylation is 1. The highest BCUT2D eigenvalue weighted by Crippen LogP contribution is 2.34. The SMILES string of the molecule is COc1ccc(S(=O)(=O)N(CC(C)C)c2ccc(CC[C@H](C)NC(=O)Cc3ccc(O[C@H]4CCOC4)cc3)cc2O)cc1. The van der Waals surface area contributed by atoms with Gasteiger partial charge < -0.3 is 24.6 Å². The van der Waals surface area contributed by atoms with Gasteiger partial charge in [0.1, 0.15) is 23.4 Å². The molecule has 1 saturated heterocycles. The van der Waals surface area contributed by atoms with Crippen LogP contribution in [0.25, 0.3) is 0 Å². The molecule has 0 aromatic heterocycles. The number of ether oxygens (including phenoxy) is 3. The van der Waals surface area contributed by atoms with Crippen LogP contribution in [0.15, 0.2) is 71.6 Å². The van der Waals surface area contributed by atoms with Crippen molar-refractivity contribution >= 4 is 21.6 Å². The lowest BCUT2D eigenvalue weighted by atomic mass is 10.0. The number of phenolic OH excluding ortho intramolecular Hbond substituents is 1. The van der Waals surface area contributed by atoms with Crippen LogP contribution in [-0.4, -0.2) is 58.4 Å². The molecule has 0 aliphatic carbocycles. The van der Waals surface area contributed by atoms with Crippen molar-refractivity contribution in [2.24, 2.45) is 5.92 Å². The molecule has 3 aromatic carbocycles. The van der Waals surface area contributed by atoms with Crippen LogP contribution in [0, 0.1) is 5.92 Å². The topological polar surface area (TPSA) is 114 Å². The van der Waals surface area contributed by atoms with Crippen LogP contribution in [0.5, 0.6) is 17.2 Å². The Kier molecular flexibility index (Phi) is 10.9. The fourth-order valence-electron chi connectivity index (χ4n) is 4.92. The van der Waals surface area contributed by atoms with E-state index in [0.717, 1.165) is 29.9 Å². The van der Waals surface area contributed by atoms with Gasteiger partial charge in [0.15, 0.2) is 0 Å². The standard InChI is InChI=1S/C33H42N2O7S/c1-23(2)21-35(43(38,39)30-14-12-27(40-4)13-15-30)31-16-9-25(19-32(31)36)6-5-24(3)34-33(37)20-26-7-10-28(11-8-26)42-29-17-18-41-22-29/h7-16,19,23-24,29,36H,5-6,17-18,20-22H2,1-4H3,(H,34,37)/t24-,29-/m0/s1. The van der Waals surface area contributed by atoms with Crippen LogP contribution in [0.4, 0.5) is 5.69 Å². The molecule has 0 unspecified atom stereocenters. The van der Waals surface area contributed by atoms with Gasteiger partial charge in [0, 0.05) is 19.0 Å². The van der Waals surface area contributed by atoms with Crippen molar-refractivity contribution in [3.05, 3.63) is 77.9 Å². The van der Waals surface area contributed by atoms with Crippen molar-refractivity contribution in [3.8, 4) is 17.2 Å². The van der Waals surface area contributed by atoms with Gasteiger partial charge in [-0.05, 0) is 85.3 Å². The van der Waals surface area contributed by atoms with E-state index in [4.69, 9.17) is 14.2 Å². The summed E-state index contributed by atoms with van der Waals surface area (Å²) in [4.78, 5) is 12.8. The third kappa shape index (κ3) is 8.87. The van der Waals surface area contributed by atoms with Crippen LogP contribution in [-0.2, 0) is 32.4 Å². The maximum absolute atomic E-state index is 13.6. The van der Waals surface area contributed by atoms with Gasteiger partial charge in [0.05, 0.1) is 37.3 Å². The average Bonchev–Trinajstić information content (AvgIpc) is 3.49. The summed E-state index contributed by atoms with van der Waals surface area (Å²) in [5, 5.41) is 14.0. The first-order valence-electron chi connectivity index (χ1n) is 14.7. The molecular weight excluding hydrogens is 568 g/mol. The monoisotopic (exact) mass is 610 g/mol. The largest absolute Gasteiger partial charge is 0.506 e. The van der Waals surface area contributed by atoms with Gasteiger partial charge in [-0.25, -0.2) is 8.42 Å². The van der Waals surface area contributed by atoms with E-state index in [1.165, 1.54) is 23.5 Å². The van der Waals surface area contributed by atoms with Crippen molar-refractivity contribution in [1.82, 2.24) is 5.32 Å². The average molecular weight is 611 g/mol. The molecule has 0 saturated carbocycles. The Labute approximate surface area is 254 Å². The molecule has 10 heteroatoms. The van der Waals surface area contributed by atoms with E-state index < -0.39 is 10.0 Å². The minimum Gasteiger partial charge on any atom is -0.506 e. The quantitative estimate of drug-likeness (QED) is 0.261. The number of carbonyl (C=O) groups excluding carboxylic acids is 1. The van der Waals surface area contributed by atoms with E-state index in [-0.39, 0.29) is 53.3 Å². The van der Waals surface area contributed by atoms with E-state index >= 15 is 0 Å². The van der Waals surface area contributed by atoms with Crippen molar-refractivity contribution < 1.29 is 32.5 Å². The van der Waals surface area contributed by atoms with Crippen molar-refractivity contribution in [1.29, 1.82) is 0 Å². The summed E-state index contributed by atoms with van der Waals surface area (Å²) in [6.07, 6.45) is 2.48. The normalized spacial score (nSPS) is 15.7. The zero-order valence-corrected chi connectivity index (χ0v) is 26.1. The highest BCUT2D eigenvalue weighted by Gasteiger charge is 2.28. The first-order valence-corrected chi connectivity index (χ1v) is 16.1. The molecule has 43 heavy (non-hydrogen) atoms. The molecule has 1 fully saturated rings. The Hall–Kier alpha value is -3.76. The van der Waals surface area contributed by atoms with E-state index in [1.54, 1.807) is 24.3 Å². The van der Waals surface area contributed by atoms with Gasteiger partial charge in [-0.3, -0.25) is 9.10 Å². The lowest BCUT2D eigenvalue weighted by Crippen LogP contribution is -2.34. The number of hydrogen-bond acceptors (Lipinski definition) is 7. The molecule has 3 aromatic rings. The fraction of sp³-hybridized carbons (Fsp3) is 0.424. The number of phenols is 1. The van der Waals surface area contributed by atoms with E-state index in [9.17, 15) is 18.3 Å². The van der Waals surface area contributed by atoms with Gasteiger partial charge >= 0.3 is 0 Å². The Morgan fingerprint density at radius 3 is 2.30 bits per heavy atom. The van der Waals surface area contributed by atoms with Gasteiger partial charge in [0.25, 0.3) is 10.0 Å². The first-order chi connectivity index (χ1) is 20.5. The second-order valence-electron chi connectivity index (χ2n) is 11.4. The van der Waals surface area contributed by atoms with Gasteiger partial charge in [-0.1, -0.05) is 32.0 Å². The fourth-order valence-corrected chi connectivity index (χ4v) is 6.56. The number of nitrogens with one attached hydrogen (secondary N) is 1. The number of nitrogens with zero attached hydrogens (tertiary/aromatic N) is 1. The number of hydrogen-bond donors (Lipinski definition) is 2. The first kappa shape index (κ1) is 32.2. The lowest BCUT2D eigenvalue weighted by molar-refractivity contribution is -0.121. The molecule has 2 N–H and O–H groups in total. The molecular formula is C33H42N2O7S. The summed E-state index contributed by atoms with van der Waals surface area (Å²) in [5.41, 5.74) is 1.97. The van der Waals surface area contributed by atoms with Crippen molar-refractivity contribution in [2.75, 3.05) is 31.2 Å². The van der Waals surface area contributed by atoms with Crippen LogP contribution in [0.2, 0.25) is 0 Å². The molecule has 0 bridgehead atoms. The number of anilines is 1. The number of rotatable bonds is 14. The molecule has 0 radical (unpaired) electrons. The molecule has 1 aliphatic rings. The minimum absolute atomic E-state index is 0.0230. The second-order valence-corrected chi connectivity index (χ2v) is 13.2. The van der Waals surface area contributed by atoms with E-state index in [0.29, 0.717) is 25.2 Å². The lowest BCUT2D eigenvalue weighted by Gasteiger charge is -2.27. The number of amides is 1.